The van der Waals surface area contributed by atoms with E-state index >= 15 is 0 Å². The molecule has 2 aromatic rings. The van der Waals surface area contributed by atoms with E-state index in [2.05, 4.69) is 21.2 Å². The van der Waals surface area contributed by atoms with Crippen molar-refractivity contribution in [3.63, 3.8) is 0 Å². The van der Waals surface area contributed by atoms with E-state index in [1.54, 1.807) is 4.90 Å². The second-order valence-corrected chi connectivity index (χ2v) is 6.90. The first-order valence-electron chi connectivity index (χ1n) is 8.37. The van der Waals surface area contributed by atoms with Crippen LogP contribution in [0.25, 0.3) is 0 Å². The second kappa shape index (κ2) is 9.37. The number of anilines is 1. The van der Waals surface area contributed by atoms with Crippen molar-refractivity contribution < 1.29 is 9.59 Å². The van der Waals surface area contributed by atoms with E-state index in [0.29, 0.717) is 13.0 Å². The van der Waals surface area contributed by atoms with Gasteiger partial charge in [0.2, 0.25) is 11.8 Å². The molecule has 0 radical (unpaired) electrons. The van der Waals surface area contributed by atoms with Gasteiger partial charge in [-0.15, -0.1) is 0 Å². The fourth-order valence-electron chi connectivity index (χ4n) is 2.53. The van der Waals surface area contributed by atoms with Gasteiger partial charge in [0.15, 0.2) is 0 Å². The smallest absolute Gasteiger partial charge is 0.244 e. The largest absolute Gasteiger partial charge is 0.333 e. The number of nitrogens with one attached hydrogen (secondary N) is 1. The first-order valence-corrected chi connectivity index (χ1v) is 9.16. The molecule has 0 aliphatic rings. The second-order valence-electron chi connectivity index (χ2n) is 5.98. The first-order chi connectivity index (χ1) is 12.0. The average molecular weight is 403 g/mol. The molecule has 1 N–H and O–H groups in total. The van der Waals surface area contributed by atoms with Crippen molar-refractivity contribution in [1.29, 1.82) is 0 Å². The first kappa shape index (κ1) is 19.2. The zero-order valence-corrected chi connectivity index (χ0v) is 16.2. The maximum Gasteiger partial charge on any atom is 0.244 e. The summed E-state index contributed by atoms with van der Waals surface area (Å²) in [6.07, 6.45) is 1.11. The number of halogens is 1. The number of carbonyl (C=O) groups excluding carboxylic acids is 2. The average Bonchev–Trinajstić information content (AvgIpc) is 2.58. The van der Waals surface area contributed by atoms with E-state index in [-0.39, 0.29) is 18.4 Å². The lowest BCUT2D eigenvalue weighted by Gasteiger charge is -2.22. The lowest BCUT2D eigenvalue weighted by atomic mass is 10.1. The molecule has 0 spiro atoms. The van der Waals surface area contributed by atoms with Crippen LogP contribution in [-0.2, 0) is 16.0 Å². The summed E-state index contributed by atoms with van der Waals surface area (Å²) in [5, 5.41) is 2.89. The Kier molecular flexibility index (Phi) is 7.19. The third kappa shape index (κ3) is 6.02. The summed E-state index contributed by atoms with van der Waals surface area (Å²) in [7, 11) is 0. The Balaban J connectivity index is 1.99. The minimum atomic E-state index is -0.174. The third-order valence-electron chi connectivity index (χ3n) is 3.87. The van der Waals surface area contributed by atoms with E-state index in [4.69, 9.17) is 0 Å². The summed E-state index contributed by atoms with van der Waals surface area (Å²) in [6.45, 7) is 4.57. The zero-order chi connectivity index (χ0) is 18.2. The molecule has 0 saturated heterocycles. The lowest BCUT2D eigenvalue weighted by Crippen LogP contribution is -2.39. The van der Waals surface area contributed by atoms with Crippen LogP contribution in [0.2, 0.25) is 0 Å². The van der Waals surface area contributed by atoms with Gasteiger partial charge in [0.25, 0.3) is 0 Å². The highest BCUT2D eigenvalue weighted by molar-refractivity contribution is 9.10. The van der Waals surface area contributed by atoms with Crippen molar-refractivity contribution >= 4 is 33.4 Å². The molecule has 0 bridgehead atoms. The number of nitrogens with zero attached hydrogens (tertiary/aromatic N) is 1. The van der Waals surface area contributed by atoms with Gasteiger partial charge in [0.05, 0.1) is 13.0 Å². The van der Waals surface area contributed by atoms with Gasteiger partial charge in [-0.1, -0.05) is 53.2 Å². The molecule has 4 nitrogen and oxygen atoms in total. The van der Waals surface area contributed by atoms with Crippen LogP contribution >= 0.6 is 15.9 Å². The predicted octanol–water partition coefficient (Wildman–Crippen LogP) is 4.18. The van der Waals surface area contributed by atoms with Crippen LogP contribution in [0.3, 0.4) is 0 Å². The van der Waals surface area contributed by atoms with E-state index in [9.17, 15) is 9.59 Å². The van der Waals surface area contributed by atoms with Gasteiger partial charge in [-0.2, -0.15) is 0 Å². The Labute approximate surface area is 157 Å². The predicted molar refractivity (Wildman–Crippen MR) is 105 cm³/mol. The Bertz CT molecular complexity index is 729. The minimum Gasteiger partial charge on any atom is -0.333 e. The number of amides is 2. The van der Waals surface area contributed by atoms with Gasteiger partial charge in [-0.05, 0) is 42.7 Å². The van der Waals surface area contributed by atoms with Crippen LogP contribution < -0.4 is 5.32 Å². The monoisotopic (exact) mass is 402 g/mol. The van der Waals surface area contributed by atoms with Gasteiger partial charge in [-0.3, -0.25) is 9.59 Å². The SMILES string of the molecule is CCCN(CC(=O)Nc1ccccc1C)C(=O)Cc1ccc(Br)cc1. The summed E-state index contributed by atoms with van der Waals surface area (Å²) < 4.78 is 0.978. The van der Waals surface area contributed by atoms with Crippen molar-refractivity contribution in [3.05, 3.63) is 64.1 Å². The van der Waals surface area contributed by atoms with Crippen molar-refractivity contribution in [2.75, 3.05) is 18.4 Å². The fraction of sp³-hybridized carbons (Fsp3) is 0.300. The van der Waals surface area contributed by atoms with Crippen LogP contribution in [0.15, 0.2) is 53.0 Å². The van der Waals surface area contributed by atoms with Crippen LogP contribution in [0.1, 0.15) is 24.5 Å². The van der Waals surface area contributed by atoms with E-state index < -0.39 is 0 Å². The Hall–Kier alpha value is -2.14. The highest BCUT2D eigenvalue weighted by Crippen LogP contribution is 2.14. The van der Waals surface area contributed by atoms with Gasteiger partial charge >= 0.3 is 0 Å². The lowest BCUT2D eigenvalue weighted by molar-refractivity contribution is -0.134. The maximum absolute atomic E-state index is 12.6. The van der Waals surface area contributed by atoms with Crippen molar-refractivity contribution in [2.24, 2.45) is 0 Å². The zero-order valence-electron chi connectivity index (χ0n) is 14.6. The van der Waals surface area contributed by atoms with Crippen LogP contribution in [0.4, 0.5) is 5.69 Å². The van der Waals surface area contributed by atoms with E-state index in [1.807, 2.05) is 62.4 Å². The Morgan fingerprint density at radius 3 is 2.40 bits per heavy atom. The van der Waals surface area contributed by atoms with E-state index in [1.165, 1.54) is 0 Å². The number of hydrogen-bond acceptors (Lipinski definition) is 2. The topological polar surface area (TPSA) is 49.4 Å². The molecule has 5 heteroatoms. The number of hydrogen-bond donors (Lipinski definition) is 1. The quantitative estimate of drug-likeness (QED) is 0.754. The normalized spacial score (nSPS) is 10.4. The molecule has 2 rings (SSSR count). The third-order valence-corrected chi connectivity index (χ3v) is 4.40. The molecule has 0 fully saturated rings. The van der Waals surface area contributed by atoms with Crippen LogP contribution in [0, 0.1) is 6.92 Å². The number of aryl methyl sites for hydroxylation is 1. The molecule has 0 aromatic heterocycles. The standard InChI is InChI=1S/C20H23BrN2O2/c1-3-12-23(20(25)13-16-8-10-17(21)11-9-16)14-19(24)22-18-7-5-4-6-15(18)2/h4-11H,3,12-14H2,1-2H3,(H,22,24). The summed E-state index contributed by atoms with van der Waals surface area (Å²) >= 11 is 3.39. The van der Waals surface area contributed by atoms with Gasteiger partial charge < -0.3 is 10.2 Å². The summed E-state index contributed by atoms with van der Waals surface area (Å²) in [5.41, 5.74) is 2.72. The molecule has 2 amide bonds. The van der Waals surface area contributed by atoms with Crippen molar-refractivity contribution in [2.45, 2.75) is 26.7 Å². The maximum atomic E-state index is 12.6. The summed E-state index contributed by atoms with van der Waals surface area (Å²) in [6, 6.07) is 15.3. The number of rotatable bonds is 7. The van der Waals surface area contributed by atoms with Gasteiger partial charge in [0, 0.05) is 16.7 Å². The van der Waals surface area contributed by atoms with Crippen molar-refractivity contribution in [1.82, 2.24) is 4.90 Å². The number of carbonyl (C=O) groups is 2. The van der Waals surface area contributed by atoms with Crippen molar-refractivity contribution in [3.8, 4) is 0 Å². The number of para-hydroxylation sites is 1. The number of benzene rings is 2. The molecule has 0 saturated carbocycles. The molecule has 0 unspecified atom stereocenters. The molecule has 132 valence electrons. The van der Waals surface area contributed by atoms with Crippen LogP contribution in [0.5, 0.6) is 0 Å². The highest BCUT2D eigenvalue weighted by atomic mass is 79.9. The molecular formula is C20H23BrN2O2. The van der Waals surface area contributed by atoms with E-state index in [0.717, 1.165) is 27.7 Å². The highest BCUT2D eigenvalue weighted by Gasteiger charge is 2.17. The molecule has 0 aliphatic heterocycles. The summed E-state index contributed by atoms with van der Waals surface area (Å²) in [5.74, 6) is -0.212. The molecule has 25 heavy (non-hydrogen) atoms. The van der Waals surface area contributed by atoms with Gasteiger partial charge in [-0.25, -0.2) is 0 Å². The Morgan fingerprint density at radius 1 is 1.08 bits per heavy atom. The molecule has 0 atom stereocenters. The minimum absolute atomic E-state index is 0.0379. The van der Waals surface area contributed by atoms with Crippen LogP contribution in [-0.4, -0.2) is 29.8 Å². The fourth-order valence-corrected chi connectivity index (χ4v) is 2.79. The molecule has 0 heterocycles. The summed E-state index contributed by atoms with van der Waals surface area (Å²) in [4.78, 5) is 26.5. The molecule has 2 aromatic carbocycles. The molecule has 0 aliphatic carbocycles. The Morgan fingerprint density at radius 2 is 1.76 bits per heavy atom. The van der Waals surface area contributed by atoms with Gasteiger partial charge in [0.1, 0.15) is 0 Å². The molecular weight excluding hydrogens is 380 g/mol.